The van der Waals surface area contributed by atoms with Crippen LogP contribution in [0.15, 0.2) is 24.3 Å². The van der Waals surface area contributed by atoms with Crippen molar-refractivity contribution in [2.24, 2.45) is 0 Å². The zero-order valence-electron chi connectivity index (χ0n) is 10.2. The van der Waals surface area contributed by atoms with Gasteiger partial charge in [0.25, 0.3) is 0 Å². The SMILES string of the molecule is Cc1cc(OCCO)c2cc(C(F)(F)F)ccc2n1. The number of aryl methyl sites for hydroxylation is 1. The molecule has 0 unspecified atom stereocenters. The minimum atomic E-state index is -4.41. The first-order valence-corrected chi connectivity index (χ1v) is 5.64. The first-order chi connectivity index (χ1) is 8.91. The molecule has 1 N–H and O–H groups in total. The Bertz CT molecular complexity index is 596. The molecule has 0 spiro atoms. The smallest absolute Gasteiger partial charge is 0.416 e. The summed E-state index contributed by atoms with van der Waals surface area (Å²) in [5.74, 6) is 0.294. The van der Waals surface area contributed by atoms with E-state index in [-0.39, 0.29) is 18.6 Å². The Morgan fingerprint density at radius 2 is 2.00 bits per heavy atom. The first-order valence-electron chi connectivity index (χ1n) is 5.64. The van der Waals surface area contributed by atoms with Gasteiger partial charge in [0.1, 0.15) is 12.4 Å². The molecule has 0 bridgehead atoms. The van der Waals surface area contributed by atoms with Gasteiger partial charge in [-0.05, 0) is 25.1 Å². The highest BCUT2D eigenvalue weighted by Gasteiger charge is 2.30. The maximum atomic E-state index is 12.7. The van der Waals surface area contributed by atoms with Gasteiger partial charge in [-0.15, -0.1) is 0 Å². The van der Waals surface area contributed by atoms with Crippen molar-refractivity contribution in [2.45, 2.75) is 13.1 Å². The fourth-order valence-corrected chi connectivity index (χ4v) is 1.77. The molecule has 0 aliphatic heterocycles. The Labute approximate surface area is 107 Å². The number of fused-ring (bicyclic) bond motifs is 1. The van der Waals surface area contributed by atoms with Crippen LogP contribution in [0, 0.1) is 6.92 Å². The van der Waals surface area contributed by atoms with E-state index in [2.05, 4.69) is 4.98 Å². The number of ether oxygens (including phenoxy) is 1. The molecule has 0 saturated carbocycles. The van der Waals surface area contributed by atoms with Gasteiger partial charge in [0.05, 0.1) is 17.7 Å². The van der Waals surface area contributed by atoms with Gasteiger partial charge in [-0.25, -0.2) is 0 Å². The molecule has 0 saturated heterocycles. The van der Waals surface area contributed by atoms with Crippen LogP contribution in [0.4, 0.5) is 13.2 Å². The van der Waals surface area contributed by atoms with Crippen LogP contribution in [0.2, 0.25) is 0 Å². The predicted molar refractivity (Wildman–Crippen MR) is 64.1 cm³/mol. The molecular weight excluding hydrogens is 259 g/mol. The lowest BCUT2D eigenvalue weighted by molar-refractivity contribution is -0.137. The standard InChI is InChI=1S/C13H12F3NO2/c1-8-6-12(19-5-4-18)10-7-9(13(14,15)16)2-3-11(10)17-8/h2-3,6-7,18H,4-5H2,1H3. The zero-order chi connectivity index (χ0) is 14.0. The molecule has 2 rings (SSSR count). The van der Waals surface area contributed by atoms with Crippen molar-refractivity contribution in [3.05, 3.63) is 35.5 Å². The predicted octanol–water partition coefficient (Wildman–Crippen LogP) is 2.93. The quantitative estimate of drug-likeness (QED) is 0.933. The molecule has 1 heterocycles. The molecule has 6 heteroatoms. The van der Waals surface area contributed by atoms with Gasteiger partial charge in [-0.1, -0.05) is 0 Å². The normalized spacial score (nSPS) is 11.8. The number of benzene rings is 1. The molecule has 2 aromatic rings. The van der Waals surface area contributed by atoms with Crippen LogP contribution < -0.4 is 4.74 Å². The Morgan fingerprint density at radius 3 is 2.63 bits per heavy atom. The van der Waals surface area contributed by atoms with Gasteiger partial charge in [0.2, 0.25) is 0 Å². The summed E-state index contributed by atoms with van der Waals surface area (Å²) in [5, 5.41) is 9.02. The molecular formula is C13H12F3NO2. The summed E-state index contributed by atoms with van der Waals surface area (Å²) in [6.45, 7) is 1.54. The summed E-state index contributed by atoms with van der Waals surface area (Å²) in [4.78, 5) is 4.16. The molecule has 0 amide bonds. The monoisotopic (exact) mass is 271 g/mol. The second-order valence-corrected chi connectivity index (χ2v) is 4.06. The number of hydrogen-bond acceptors (Lipinski definition) is 3. The van der Waals surface area contributed by atoms with E-state index in [9.17, 15) is 13.2 Å². The highest BCUT2D eigenvalue weighted by atomic mass is 19.4. The van der Waals surface area contributed by atoms with Crippen LogP contribution in [0.5, 0.6) is 5.75 Å². The average Bonchev–Trinajstić information content (AvgIpc) is 2.34. The second kappa shape index (κ2) is 5.05. The van der Waals surface area contributed by atoms with E-state index in [1.807, 2.05) is 0 Å². The van der Waals surface area contributed by atoms with Crippen molar-refractivity contribution in [3.8, 4) is 5.75 Å². The van der Waals surface area contributed by atoms with Crippen LogP contribution in [0.3, 0.4) is 0 Å². The van der Waals surface area contributed by atoms with Crippen molar-refractivity contribution in [1.82, 2.24) is 4.98 Å². The van der Waals surface area contributed by atoms with E-state index in [4.69, 9.17) is 9.84 Å². The molecule has 1 aromatic heterocycles. The van der Waals surface area contributed by atoms with E-state index in [1.165, 1.54) is 6.07 Å². The molecule has 0 aliphatic rings. The van der Waals surface area contributed by atoms with Gasteiger partial charge >= 0.3 is 6.18 Å². The third-order valence-corrected chi connectivity index (χ3v) is 2.57. The van der Waals surface area contributed by atoms with Gasteiger partial charge in [0, 0.05) is 17.1 Å². The largest absolute Gasteiger partial charge is 0.490 e. The van der Waals surface area contributed by atoms with E-state index < -0.39 is 11.7 Å². The summed E-state index contributed by atoms with van der Waals surface area (Å²) >= 11 is 0. The van der Waals surface area contributed by atoms with Crippen LogP contribution in [0.25, 0.3) is 10.9 Å². The van der Waals surface area contributed by atoms with Crippen molar-refractivity contribution in [1.29, 1.82) is 0 Å². The molecule has 19 heavy (non-hydrogen) atoms. The van der Waals surface area contributed by atoms with Gasteiger partial charge in [0.15, 0.2) is 0 Å². The number of nitrogens with zero attached hydrogens (tertiary/aromatic N) is 1. The first kappa shape index (κ1) is 13.6. The Balaban J connectivity index is 2.58. The van der Waals surface area contributed by atoms with Crippen molar-refractivity contribution in [2.75, 3.05) is 13.2 Å². The minimum Gasteiger partial charge on any atom is -0.490 e. The number of aliphatic hydroxyl groups excluding tert-OH is 1. The van der Waals surface area contributed by atoms with Crippen LogP contribution >= 0.6 is 0 Å². The lowest BCUT2D eigenvalue weighted by atomic mass is 10.1. The lowest BCUT2D eigenvalue weighted by Crippen LogP contribution is -2.06. The minimum absolute atomic E-state index is 0.0226. The third kappa shape index (κ3) is 2.96. The number of hydrogen-bond donors (Lipinski definition) is 1. The van der Waals surface area contributed by atoms with Gasteiger partial charge in [-0.3, -0.25) is 4.98 Å². The Kier molecular flexibility index (Phi) is 3.61. The van der Waals surface area contributed by atoms with Crippen LogP contribution in [-0.4, -0.2) is 23.3 Å². The highest BCUT2D eigenvalue weighted by Crippen LogP contribution is 2.34. The number of aliphatic hydroxyl groups is 1. The van der Waals surface area contributed by atoms with Crippen molar-refractivity contribution in [3.63, 3.8) is 0 Å². The number of rotatable bonds is 3. The second-order valence-electron chi connectivity index (χ2n) is 4.06. The highest BCUT2D eigenvalue weighted by molar-refractivity contribution is 5.86. The average molecular weight is 271 g/mol. The number of pyridine rings is 1. The van der Waals surface area contributed by atoms with Gasteiger partial charge in [-0.2, -0.15) is 13.2 Å². The number of aromatic nitrogens is 1. The van der Waals surface area contributed by atoms with E-state index in [0.717, 1.165) is 12.1 Å². The Morgan fingerprint density at radius 1 is 1.26 bits per heavy atom. The summed E-state index contributed by atoms with van der Waals surface area (Å²) in [7, 11) is 0. The number of alkyl halides is 3. The molecule has 0 radical (unpaired) electrons. The third-order valence-electron chi connectivity index (χ3n) is 2.57. The van der Waals surface area contributed by atoms with Crippen LogP contribution in [-0.2, 0) is 6.18 Å². The van der Waals surface area contributed by atoms with Crippen molar-refractivity contribution < 1.29 is 23.0 Å². The van der Waals surface area contributed by atoms with E-state index in [1.54, 1.807) is 13.0 Å². The van der Waals surface area contributed by atoms with E-state index >= 15 is 0 Å². The summed E-state index contributed by atoms with van der Waals surface area (Å²) < 4.78 is 43.3. The molecule has 0 fully saturated rings. The maximum absolute atomic E-state index is 12.7. The summed E-state index contributed by atoms with van der Waals surface area (Å²) in [5.41, 5.74) is 0.320. The van der Waals surface area contributed by atoms with E-state index in [0.29, 0.717) is 17.0 Å². The Hall–Kier alpha value is -1.82. The molecule has 3 nitrogen and oxygen atoms in total. The van der Waals surface area contributed by atoms with Gasteiger partial charge < -0.3 is 9.84 Å². The fraction of sp³-hybridized carbons (Fsp3) is 0.308. The fourth-order valence-electron chi connectivity index (χ4n) is 1.77. The summed E-state index contributed by atoms with van der Waals surface area (Å²) in [6.07, 6.45) is -4.41. The maximum Gasteiger partial charge on any atom is 0.416 e. The summed E-state index contributed by atoms with van der Waals surface area (Å²) in [6, 6.07) is 4.87. The number of halogens is 3. The molecule has 0 atom stereocenters. The molecule has 102 valence electrons. The molecule has 0 aliphatic carbocycles. The zero-order valence-corrected chi connectivity index (χ0v) is 10.2. The topological polar surface area (TPSA) is 42.4 Å². The van der Waals surface area contributed by atoms with Crippen molar-refractivity contribution >= 4 is 10.9 Å². The lowest BCUT2D eigenvalue weighted by Gasteiger charge is -2.12. The molecule has 1 aromatic carbocycles. The van der Waals surface area contributed by atoms with Crippen LogP contribution in [0.1, 0.15) is 11.3 Å².